The second kappa shape index (κ2) is 13.3. The molecule has 4 aromatic rings. The highest BCUT2D eigenvalue weighted by molar-refractivity contribution is 7.89. The Hall–Kier alpha value is -3.33. The standard InChI is InChI=1S/C36H22Cl4F4O2S/c37-29-9-7-19(11-31(29)39)23-3-1-5-25(23)21-13-33(41)27(34(42)14-21)17-47(45,46)18-28-35(43)15-22(16-36(28)44)26-6-2-4-24(26)20-8-10-30(38)32(40)12-20/h3-16H,1-2,17-18H2. The molecule has 0 radical (unpaired) electrons. The van der Waals surface area contributed by atoms with E-state index in [2.05, 4.69) is 0 Å². The molecule has 2 nitrogen and oxygen atoms in total. The van der Waals surface area contributed by atoms with Crippen molar-refractivity contribution in [3.63, 3.8) is 0 Å². The summed E-state index contributed by atoms with van der Waals surface area (Å²) in [6.07, 6.45) is 8.30. The summed E-state index contributed by atoms with van der Waals surface area (Å²) >= 11 is 24.4. The van der Waals surface area contributed by atoms with Crippen molar-refractivity contribution in [1.82, 2.24) is 0 Å². The summed E-state index contributed by atoms with van der Waals surface area (Å²) in [6.45, 7) is 0. The van der Waals surface area contributed by atoms with Crippen LogP contribution in [-0.2, 0) is 21.3 Å². The summed E-state index contributed by atoms with van der Waals surface area (Å²) < 4.78 is 87.5. The minimum Gasteiger partial charge on any atom is -0.228 e. The van der Waals surface area contributed by atoms with Gasteiger partial charge in [0.05, 0.1) is 31.6 Å². The summed E-state index contributed by atoms with van der Waals surface area (Å²) in [4.78, 5) is 0. The number of halogens is 8. The predicted octanol–water partition coefficient (Wildman–Crippen LogP) is 11.7. The normalized spacial score (nSPS) is 14.6. The third-order valence-electron chi connectivity index (χ3n) is 7.96. The summed E-state index contributed by atoms with van der Waals surface area (Å²) in [5, 5.41) is 1.35. The Kier molecular flexibility index (Phi) is 9.49. The first kappa shape index (κ1) is 33.6. The SMILES string of the molecule is O=S(=O)(Cc1c(F)cc(C2=CCC=C2c2ccc(Cl)c(Cl)c2)cc1F)Cc1c(F)cc(C2=CCC=C2c2ccc(Cl)c(Cl)c2)cc1F. The first-order valence-corrected chi connectivity index (χ1v) is 17.5. The van der Waals surface area contributed by atoms with Crippen LogP contribution in [0.25, 0.3) is 22.3 Å². The van der Waals surface area contributed by atoms with Gasteiger partial charge in [0.15, 0.2) is 9.84 Å². The molecule has 240 valence electrons. The molecule has 0 aromatic heterocycles. The van der Waals surface area contributed by atoms with Crippen LogP contribution >= 0.6 is 46.4 Å². The monoisotopic (exact) mass is 734 g/mol. The summed E-state index contributed by atoms with van der Waals surface area (Å²) in [5.41, 5.74) is 2.76. The zero-order valence-electron chi connectivity index (χ0n) is 24.2. The Balaban J connectivity index is 1.22. The van der Waals surface area contributed by atoms with Gasteiger partial charge in [-0.05, 0) is 106 Å². The lowest BCUT2D eigenvalue weighted by Crippen LogP contribution is -2.13. The van der Waals surface area contributed by atoms with Crippen molar-refractivity contribution in [3.05, 3.63) is 162 Å². The summed E-state index contributed by atoms with van der Waals surface area (Å²) in [6, 6.07) is 14.1. The van der Waals surface area contributed by atoms with Crippen molar-refractivity contribution in [1.29, 1.82) is 0 Å². The molecular formula is C36H22Cl4F4O2S. The van der Waals surface area contributed by atoms with E-state index >= 15 is 17.6 Å². The molecule has 0 bridgehead atoms. The fraction of sp³-hybridized carbons (Fsp3) is 0.111. The van der Waals surface area contributed by atoms with E-state index in [1.54, 1.807) is 48.6 Å². The molecule has 0 saturated carbocycles. The first-order valence-electron chi connectivity index (χ1n) is 14.2. The lowest BCUT2D eigenvalue weighted by Gasteiger charge is -2.15. The molecule has 11 heteroatoms. The van der Waals surface area contributed by atoms with Crippen LogP contribution < -0.4 is 0 Å². The molecule has 0 heterocycles. The average Bonchev–Trinajstić information content (AvgIpc) is 3.70. The van der Waals surface area contributed by atoms with Crippen LogP contribution in [0, 0.1) is 23.3 Å². The van der Waals surface area contributed by atoms with Gasteiger partial charge in [0.1, 0.15) is 23.3 Å². The zero-order valence-corrected chi connectivity index (χ0v) is 28.0. The van der Waals surface area contributed by atoms with Gasteiger partial charge in [0.25, 0.3) is 0 Å². The number of hydrogen-bond donors (Lipinski definition) is 0. The van der Waals surface area contributed by atoms with Crippen LogP contribution in [0.15, 0.2) is 85.0 Å². The van der Waals surface area contributed by atoms with E-state index in [9.17, 15) is 8.42 Å². The fourth-order valence-corrected chi connectivity index (χ4v) is 7.86. The molecule has 0 aliphatic heterocycles. The van der Waals surface area contributed by atoms with Crippen LogP contribution in [0.2, 0.25) is 20.1 Å². The largest absolute Gasteiger partial charge is 0.228 e. The number of hydrogen-bond acceptors (Lipinski definition) is 2. The molecule has 4 aromatic carbocycles. The molecule has 0 spiro atoms. The lowest BCUT2D eigenvalue weighted by atomic mass is 9.94. The number of sulfone groups is 1. The predicted molar refractivity (Wildman–Crippen MR) is 183 cm³/mol. The Morgan fingerprint density at radius 1 is 0.468 bits per heavy atom. The maximum atomic E-state index is 15.3. The van der Waals surface area contributed by atoms with E-state index in [1.165, 1.54) is 0 Å². The molecule has 2 aliphatic carbocycles. The summed E-state index contributed by atoms with van der Waals surface area (Å²) in [7, 11) is -4.43. The van der Waals surface area contributed by atoms with Crippen molar-refractivity contribution in [3.8, 4) is 0 Å². The molecule has 0 unspecified atom stereocenters. The molecule has 6 rings (SSSR count). The Morgan fingerprint density at radius 3 is 1.11 bits per heavy atom. The Morgan fingerprint density at radius 2 is 0.787 bits per heavy atom. The van der Waals surface area contributed by atoms with Crippen molar-refractivity contribution < 1.29 is 26.0 Å². The van der Waals surface area contributed by atoms with Crippen molar-refractivity contribution in [2.45, 2.75) is 24.3 Å². The van der Waals surface area contributed by atoms with E-state index in [0.717, 1.165) is 24.3 Å². The maximum absolute atomic E-state index is 15.3. The highest BCUT2D eigenvalue weighted by Gasteiger charge is 2.26. The third-order valence-corrected chi connectivity index (χ3v) is 10.9. The minimum absolute atomic E-state index is 0.194. The van der Waals surface area contributed by atoms with Gasteiger partial charge in [-0.15, -0.1) is 0 Å². The van der Waals surface area contributed by atoms with Gasteiger partial charge in [0, 0.05) is 11.1 Å². The van der Waals surface area contributed by atoms with Crippen molar-refractivity contribution in [2.24, 2.45) is 0 Å². The molecule has 0 atom stereocenters. The Labute approximate surface area is 289 Å². The molecule has 0 N–H and O–H groups in total. The third kappa shape index (κ3) is 6.96. The van der Waals surface area contributed by atoms with E-state index in [4.69, 9.17) is 46.4 Å². The van der Waals surface area contributed by atoms with E-state index in [0.29, 0.717) is 66.4 Å². The van der Waals surface area contributed by atoms with Gasteiger partial charge in [-0.3, -0.25) is 0 Å². The van der Waals surface area contributed by atoms with Crippen LogP contribution in [-0.4, -0.2) is 8.42 Å². The maximum Gasteiger partial charge on any atom is 0.159 e. The fourth-order valence-electron chi connectivity index (χ4n) is 5.73. The molecule has 0 amide bonds. The molecule has 0 saturated heterocycles. The molecular weight excluding hydrogens is 714 g/mol. The number of rotatable bonds is 8. The van der Waals surface area contributed by atoms with Crippen LogP contribution in [0.5, 0.6) is 0 Å². The smallest absolute Gasteiger partial charge is 0.159 e. The quantitative estimate of drug-likeness (QED) is 0.169. The molecule has 2 aliphatic rings. The molecule has 0 fully saturated rings. The lowest BCUT2D eigenvalue weighted by molar-refractivity contribution is 0.547. The second-order valence-corrected chi connectivity index (χ2v) is 14.8. The number of allylic oxidation sites excluding steroid dienone is 8. The highest BCUT2D eigenvalue weighted by atomic mass is 35.5. The van der Waals surface area contributed by atoms with Gasteiger partial charge < -0.3 is 0 Å². The van der Waals surface area contributed by atoms with Crippen molar-refractivity contribution >= 4 is 78.5 Å². The molecule has 47 heavy (non-hydrogen) atoms. The van der Waals surface area contributed by atoms with E-state index < -0.39 is 55.7 Å². The van der Waals surface area contributed by atoms with Crippen LogP contribution in [0.1, 0.15) is 46.2 Å². The number of benzene rings is 4. The van der Waals surface area contributed by atoms with Crippen LogP contribution in [0.4, 0.5) is 17.6 Å². The van der Waals surface area contributed by atoms with Crippen molar-refractivity contribution in [2.75, 3.05) is 0 Å². The minimum atomic E-state index is -4.43. The van der Waals surface area contributed by atoms with E-state index in [-0.39, 0.29) is 11.1 Å². The average molecular weight is 736 g/mol. The second-order valence-electron chi connectivity index (χ2n) is 11.1. The van der Waals surface area contributed by atoms with Gasteiger partial charge in [0.2, 0.25) is 0 Å². The van der Waals surface area contributed by atoms with Gasteiger partial charge in [-0.25, -0.2) is 26.0 Å². The highest BCUT2D eigenvalue weighted by Crippen LogP contribution is 2.41. The summed E-state index contributed by atoms with van der Waals surface area (Å²) in [5.74, 6) is -6.61. The van der Waals surface area contributed by atoms with Gasteiger partial charge in [-0.1, -0.05) is 82.8 Å². The van der Waals surface area contributed by atoms with Crippen LogP contribution in [0.3, 0.4) is 0 Å². The van der Waals surface area contributed by atoms with E-state index in [1.807, 2.05) is 12.2 Å². The zero-order chi connectivity index (χ0) is 33.6. The van der Waals surface area contributed by atoms with Gasteiger partial charge >= 0.3 is 0 Å². The first-order chi connectivity index (χ1) is 22.3. The topological polar surface area (TPSA) is 34.1 Å². The van der Waals surface area contributed by atoms with Gasteiger partial charge in [-0.2, -0.15) is 0 Å². The Bertz CT molecular complexity index is 2010.